The first-order valence-corrected chi connectivity index (χ1v) is 12.3. The Kier molecular flexibility index (Phi) is 8.03. The van der Waals surface area contributed by atoms with E-state index in [0.717, 1.165) is 16.7 Å². The molecule has 37 heavy (non-hydrogen) atoms. The van der Waals surface area contributed by atoms with Gasteiger partial charge in [0, 0.05) is 5.56 Å². The lowest BCUT2D eigenvalue weighted by Crippen LogP contribution is -2.33. The van der Waals surface area contributed by atoms with Gasteiger partial charge in [-0.25, -0.2) is 9.79 Å². The number of aryl methyl sites for hydroxylation is 1. The zero-order valence-corrected chi connectivity index (χ0v) is 21.5. The molecule has 0 atom stereocenters. The lowest BCUT2D eigenvalue weighted by molar-refractivity contribution is -0.113. The fourth-order valence-corrected chi connectivity index (χ4v) is 4.04. The quantitative estimate of drug-likeness (QED) is 0.275. The van der Waals surface area contributed by atoms with Gasteiger partial charge in [0.05, 0.1) is 31.1 Å². The SMILES string of the molecule is CCOC(=O)c1ccc(N2C(=O)C(=Cc3ccc(OCC)c(OCC)c3)N=C2c2ccccc2C)cc1. The van der Waals surface area contributed by atoms with E-state index >= 15 is 0 Å². The zero-order valence-electron chi connectivity index (χ0n) is 21.5. The highest BCUT2D eigenvalue weighted by atomic mass is 16.5. The van der Waals surface area contributed by atoms with Crippen LogP contribution in [0.25, 0.3) is 6.08 Å². The number of amides is 1. The molecule has 0 fully saturated rings. The van der Waals surface area contributed by atoms with Crippen LogP contribution in [0.4, 0.5) is 5.69 Å². The molecule has 0 N–H and O–H groups in total. The van der Waals surface area contributed by atoms with Crippen molar-refractivity contribution < 1.29 is 23.8 Å². The van der Waals surface area contributed by atoms with Gasteiger partial charge in [-0.2, -0.15) is 0 Å². The molecular weight excluding hydrogens is 468 g/mol. The topological polar surface area (TPSA) is 77.4 Å². The molecular formula is C30H30N2O5. The third-order valence-electron chi connectivity index (χ3n) is 5.75. The van der Waals surface area contributed by atoms with E-state index in [1.54, 1.807) is 42.2 Å². The Labute approximate surface area is 217 Å². The first kappa shape index (κ1) is 25.7. The summed E-state index contributed by atoms with van der Waals surface area (Å²) in [7, 11) is 0. The van der Waals surface area contributed by atoms with Crippen molar-refractivity contribution in [2.24, 2.45) is 4.99 Å². The highest BCUT2D eigenvalue weighted by Gasteiger charge is 2.33. The van der Waals surface area contributed by atoms with Gasteiger partial charge in [-0.05, 0) is 81.3 Å². The number of aliphatic imine (C=N–C) groups is 1. The second-order valence-corrected chi connectivity index (χ2v) is 8.26. The predicted molar refractivity (Wildman–Crippen MR) is 144 cm³/mol. The maximum absolute atomic E-state index is 13.7. The maximum atomic E-state index is 13.7. The van der Waals surface area contributed by atoms with E-state index in [0.29, 0.717) is 54.1 Å². The largest absolute Gasteiger partial charge is 0.490 e. The average molecular weight is 499 g/mol. The van der Waals surface area contributed by atoms with Crippen molar-refractivity contribution in [2.45, 2.75) is 27.7 Å². The van der Waals surface area contributed by atoms with Gasteiger partial charge >= 0.3 is 5.97 Å². The normalized spacial score (nSPS) is 14.1. The van der Waals surface area contributed by atoms with Crippen LogP contribution >= 0.6 is 0 Å². The van der Waals surface area contributed by atoms with E-state index in [-0.39, 0.29) is 5.91 Å². The molecule has 0 spiro atoms. The van der Waals surface area contributed by atoms with Gasteiger partial charge in [0.1, 0.15) is 11.5 Å². The molecule has 0 aromatic heterocycles. The Hall–Kier alpha value is -4.39. The molecule has 3 aromatic rings. The van der Waals surface area contributed by atoms with Gasteiger partial charge in [0.15, 0.2) is 11.5 Å². The lowest BCUT2D eigenvalue weighted by Gasteiger charge is -2.20. The molecule has 1 aliphatic heterocycles. The summed E-state index contributed by atoms with van der Waals surface area (Å²) >= 11 is 0. The molecule has 0 saturated carbocycles. The van der Waals surface area contributed by atoms with E-state index in [1.807, 2.05) is 63.2 Å². The van der Waals surface area contributed by atoms with E-state index in [4.69, 9.17) is 19.2 Å². The number of benzene rings is 3. The first-order valence-electron chi connectivity index (χ1n) is 12.3. The molecule has 4 rings (SSSR count). The summed E-state index contributed by atoms with van der Waals surface area (Å²) in [5, 5.41) is 0. The van der Waals surface area contributed by atoms with Crippen molar-refractivity contribution in [1.82, 2.24) is 0 Å². The third-order valence-corrected chi connectivity index (χ3v) is 5.75. The second kappa shape index (κ2) is 11.6. The van der Waals surface area contributed by atoms with Crippen molar-refractivity contribution in [3.8, 4) is 11.5 Å². The van der Waals surface area contributed by atoms with Gasteiger partial charge in [0.2, 0.25) is 0 Å². The summed E-state index contributed by atoms with van der Waals surface area (Å²) in [4.78, 5) is 32.1. The van der Waals surface area contributed by atoms with Crippen molar-refractivity contribution in [2.75, 3.05) is 24.7 Å². The zero-order chi connectivity index (χ0) is 26.4. The number of hydrogen-bond acceptors (Lipinski definition) is 6. The van der Waals surface area contributed by atoms with Crippen LogP contribution in [0.15, 0.2) is 77.4 Å². The standard InChI is InChI=1S/C30H30N2O5/c1-5-35-26-17-12-21(19-27(26)36-6-2)18-25-29(33)32(28(31-25)24-11-9-8-10-20(24)4)23-15-13-22(14-16-23)30(34)37-7-3/h8-19H,5-7H2,1-4H3. The minimum absolute atomic E-state index is 0.269. The first-order chi connectivity index (χ1) is 18.0. The van der Waals surface area contributed by atoms with Crippen molar-refractivity contribution in [3.05, 3.63) is 94.7 Å². The second-order valence-electron chi connectivity index (χ2n) is 8.26. The number of nitrogens with zero attached hydrogens (tertiary/aromatic N) is 2. The third kappa shape index (κ3) is 5.56. The number of rotatable bonds is 9. The lowest BCUT2D eigenvalue weighted by atomic mass is 10.1. The molecule has 0 unspecified atom stereocenters. The van der Waals surface area contributed by atoms with Gasteiger partial charge < -0.3 is 14.2 Å². The molecule has 1 amide bonds. The van der Waals surface area contributed by atoms with Gasteiger partial charge in [0.25, 0.3) is 5.91 Å². The molecule has 7 heteroatoms. The highest BCUT2D eigenvalue weighted by Crippen LogP contribution is 2.32. The van der Waals surface area contributed by atoms with Gasteiger partial charge in [-0.3, -0.25) is 9.69 Å². The molecule has 1 heterocycles. The van der Waals surface area contributed by atoms with E-state index in [2.05, 4.69) is 0 Å². The Bertz CT molecular complexity index is 1360. The Morgan fingerprint density at radius 1 is 0.892 bits per heavy atom. The number of hydrogen-bond donors (Lipinski definition) is 0. The minimum Gasteiger partial charge on any atom is -0.490 e. The van der Waals surface area contributed by atoms with Crippen LogP contribution in [0, 0.1) is 6.92 Å². The monoisotopic (exact) mass is 498 g/mol. The fourth-order valence-electron chi connectivity index (χ4n) is 4.04. The summed E-state index contributed by atoms with van der Waals surface area (Å²) in [5.74, 6) is 1.11. The number of ether oxygens (including phenoxy) is 3. The molecule has 1 aliphatic rings. The number of carbonyl (C=O) groups excluding carboxylic acids is 2. The Morgan fingerprint density at radius 2 is 1.59 bits per heavy atom. The summed E-state index contributed by atoms with van der Waals surface area (Å²) < 4.78 is 16.5. The van der Waals surface area contributed by atoms with Crippen molar-refractivity contribution in [1.29, 1.82) is 0 Å². The fraction of sp³-hybridized carbons (Fsp3) is 0.233. The number of esters is 1. The van der Waals surface area contributed by atoms with Crippen LogP contribution in [-0.4, -0.2) is 37.5 Å². The Balaban J connectivity index is 1.76. The van der Waals surface area contributed by atoms with E-state index in [1.165, 1.54) is 0 Å². The number of anilines is 1. The molecule has 190 valence electrons. The smallest absolute Gasteiger partial charge is 0.338 e. The predicted octanol–water partition coefficient (Wildman–Crippen LogP) is 5.80. The summed E-state index contributed by atoms with van der Waals surface area (Å²) in [6.45, 7) is 8.86. The highest BCUT2D eigenvalue weighted by molar-refractivity contribution is 6.33. The van der Waals surface area contributed by atoms with Crippen LogP contribution in [0.2, 0.25) is 0 Å². The van der Waals surface area contributed by atoms with Crippen LogP contribution in [0.5, 0.6) is 11.5 Å². The van der Waals surface area contributed by atoms with Crippen LogP contribution in [-0.2, 0) is 9.53 Å². The summed E-state index contributed by atoms with van der Waals surface area (Å²) in [6.07, 6.45) is 1.74. The van der Waals surface area contributed by atoms with Crippen molar-refractivity contribution in [3.63, 3.8) is 0 Å². The van der Waals surface area contributed by atoms with Crippen molar-refractivity contribution >= 4 is 29.5 Å². The number of amidine groups is 1. The average Bonchev–Trinajstić information content (AvgIpc) is 3.21. The Morgan fingerprint density at radius 3 is 2.27 bits per heavy atom. The molecule has 0 aliphatic carbocycles. The molecule has 3 aromatic carbocycles. The van der Waals surface area contributed by atoms with Crippen LogP contribution < -0.4 is 14.4 Å². The molecule has 0 bridgehead atoms. The van der Waals surface area contributed by atoms with E-state index in [9.17, 15) is 9.59 Å². The van der Waals surface area contributed by atoms with E-state index < -0.39 is 5.97 Å². The molecule has 0 saturated heterocycles. The number of carbonyl (C=O) groups is 2. The maximum Gasteiger partial charge on any atom is 0.338 e. The summed E-state index contributed by atoms with van der Waals surface area (Å²) in [6, 6.07) is 20.1. The minimum atomic E-state index is -0.407. The molecule has 0 radical (unpaired) electrons. The van der Waals surface area contributed by atoms with Gasteiger partial charge in [-0.1, -0.05) is 30.3 Å². The summed E-state index contributed by atoms with van der Waals surface area (Å²) in [5.41, 5.74) is 3.91. The molecule has 7 nitrogen and oxygen atoms in total. The van der Waals surface area contributed by atoms with Gasteiger partial charge in [-0.15, -0.1) is 0 Å². The van der Waals surface area contributed by atoms with Crippen LogP contribution in [0.3, 0.4) is 0 Å². The van der Waals surface area contributed by atoms with Crippen LogP contribution in [0.1, 0.15) is 47.8 Å².